The molecule has 1 atom stereocenters. The van der Waals surface area contributed by atoms with E-state index in [2.05, 4.69) is 34.9 Å². The van der Waals surface area contributed by atoms with Gasteiger partial charge in [0, 0.05) is 32.7 Å². The highest BCUT2D eigenvalue weighted by Crippen LogP contribution is 2.26. The van der Waals surface area contributed by atoms with Crippen LogP contribution in [0.5, 0.6) is 0 Å². The van der Waals surface area contributed by atoms with Gasteiger partial charge in [-0.25, -0.2) is 0 Å². The van der Waals surface area contributed by atoms with Crippen molar-refractivity contribution in [2.45, 2.75) is 32.3 Å². The summed E-state index contributed by atoms with van der Waals surface area (Å²) >= 11 is 0. The first-order chi connectivity index (χ1) is 9.76. The lowest BCUT2D eigenvalue weighted by Crippen LogP contribution is -2.47. The summed E-state index contributed by atoms with van der Waals surface area (Å²) in [6.07, 6.45) is 3.33. The minimum absolute atomic E-state index is 0.339. The van der Waals surface area contributed by atoms with Crippen LogP contribution in [0.3, 0.4) is 0 Å². The van der Waals surface area contributed by atoms with E-state index in [-0.39, 0.29) is 6.10 Å². The number of likely N-dealkylation sites (N-methyl/N-ethyl adjacent to an activating group) is 1. The van der Waals surface area contributed by atoms with Gasteiger partial charge >= 0.3 is 0 Å². The number of hydrogen-bond acceptors (Lipinski definition) is 3. The number of fused-ring (bicyclic) bond motifs is 1. The lowest BCUT2D eigenvalue weighted by molar-refractivity contribution is 0.0743. The standard InChI is InChI=1S/C17H26N2O/c1-2-18-8-10-19(11-9-18)13-17(20)16-7-6-14-4-3-5-15(14)12-16/h6-7,12,17,20H,2-5,8-11,13H2,1H3. The van der Waals surface area contributed by atoms with E-state index < -0.39 is 0 Å². The molecule has 1 fully saturated rings. The van der Waals surface area contributed by atoms with Crippen LogP contribution in [0.4, 0.5) is 0 Å². The third-order valence-electron chi connectivity index (χ3n) is 4.85. The number of β-amino-alcohol motifs (C(OH)–C–C–N with tert-alkyl or cyclic N) is 1. The van der Waals surface area contributed by atoms with Gasteiger partial charge in [0.25, 0.3) is 0 Å². The average molecular weight is 274 g/mol. The molecule has 2 aliphatic rings. The first-order valence-electron chi connectivity index (χ1n) is 8.00. The van der Waals surface area contributed by atoms with E-state index in [0.717, 1.165) is 44.8 Å². The number of hydrogen-bond donors (Lipinski definition) is 1. The van der Waals surface area contributed by atoms with Gasteiger partial charge in [-0.1, -0.05) is 25.1 Å². The molecule has 0 saturated carbocycles. The molecule has 1 aliphatic heterocycles. The van der Waals surface area contributed by atoms with Crippen LogP contribution in [0.2, 0.25) is 0 Å². The van der Waals surface area contributed by atoms with Crippen LogP contribution in [0, 0.1) is 0 Å². The van der Waals surface area contributed by atoms with Crippen molar-refractivity contribution < 1.29 is 5.11 Å². The molecular weight excluding hydrogens is 248 g/mol. The quantitative estimate of drug-likeness (QED) is 0.907. The first kappa shape index (κ1) is 14.1. The Labute approximate surface area is 122 Å². The topological polar surface area (TPSA) is 26.7 Å². The van der Waals surface area contributed by atoms with Crippen LogP contribution >= 0.6 is 0 Å². The van der Waals surface area contributed by atoms with Crippen LogP contribution in [0.1, 0.15) is 36.1 Å². The smallest absolute Gasteiger partial charge is 0.0917 e. The molecule has 1 aromatic rings. The number of aryl methyl sites for hydroxylation is 2. The van der Waals surface area contributed by atoms with E-state index in [1.54, 1.807) is 0 Å². The van der Waals surface area contributed by atoms with Gasteiger partial charge in [-0.05, 0) is 42.5 Å². The van der Waals surface area contributed by atoms with E-state index in [4.69, 9.17) is 0 Å². The minimum atomic E-state index is -0.339. The lowest BCUT2D eigenvalue weighted by Gasteiger charge is -2.35. The molecule has 1 aromatic carbocycles. The lowest BCUT2D eigenvalue weighted by atomic mass is 10.0. The van der Waals surface area contributed by atoms with E-state index in [1.165, 1.54) is 30.4 Å². The summed E-state index contributed by atoms with van der Waals surface area (Å²) < 4.78 is 0. The fraction of sp³-hybridized carbons (Fsp3) is 0.647. The number of nitrogens with zero attached hydrogens (tertiary/aromatic N) is 2. The van der Waals surface area contributed by atoms with Crippen molar-refractivity contribution >= 4 is 0 Å². The Morgan fingerprint density at radius 1 is 1.05 bits per heavy atom. The summed E-state index contributed by atoms with van der Waals surface area (Å²) in [6, 6.07) is 6.57. The molecule has 1 N–H and O–H groups in total. The Morgan fingerprint density at radius 2 is 1.75 bits per heavy atom. The molecule has 0 bridgehead atoms. The molecule has 0 radical (unpaired) electrons. The minimum Gasteiger partial charge on any atom is -0.387 e. The Hall–Kier alpha value is -0.900. The third-order valence-corrected chi connectivity index (χ3v) is 4.85. The van der Waals surface area contributed by atoms with E-state index in [9.17, 15) is 5.11 Å². The summed E-state index contributed by atoms with van der Waals surface area (Å²) in [5.41, 5.74) is 4.04. The van der Waals surface area contributed by atoms with E-state index >= 15 is 0 Å². The van der Waals surface area contributed by atoms with Gasteiger partial charge < -0.3 is 10.0 Å². The molecule has 1 unspecified atom stereocenters. The molecule has 3 rings (SSSR count). The highest BCUT2D eigenvalue weighted by molar-refractivity contribution is 5.36. The van der Waals surface area contributed by atoms with Gasteiger partial charge in [0.2, 0.25) is 0 Å². The van der Waals surface area contributed by atoms with Crippen LogP contribution in [-0.4, -0.2) is 54.2 Å². The zero-order valence-corrected chi connectivity index (χ0v) is 12.5. The van der Waals surface area contributed by atoms with Crippen molar-refractivity contribution in [3.63, 3.8) is 0 Å². The highest BCUT2D eigenvalue weighted by Gasteiger charge is 2.20. The van der Waals surface area contributed by atoms with E-state index in [1.807, 2.05) is 0 Å². The molecule has 20 heavy (non-hydrogen) atoms. The maximum atomic E-state index is 10.5. The van der Waals surface area contributed by atoms with Crippen molar-refractivity contribution in [3.8, 4) is 0 Å². The van der Waals surface area contributed by atoms with Crippen LogP contribution in [0.15, 0.2) is 18.2 Å². The number of benzene rings is 1. The highest BCUT2D eigenvalue weighted by atomic mass is 16.3. The Kier molecular flexibility index (Phi) is 4.39. The maximum Gasteiger partial charge on any atom is 0.0917 e. The first-order valence-corrected chi connectivity index (χ1v) is 8.00. The maximum absolute atomic E-state index is 10.5. The Bertz CT molecular complexity index is 452. The van der Waals surface area contributed by atoms with Crippen molar-refractivity contribution in [2.24, 2.45) is 0 Å². The predicted octanol–water partition coefficient (Wildman–Crippen LogP) is 1.85. The third kappa shape index (κ3) is 3.05. The number of aliphatic hydroxyl groups excluding tert-OH is 1. The molecule has 0 aromatic heterocycles. The number of aliphatic hydroxyl groups is 1. The van der Waals surface area contributed by atoms with Crippen LogP contribution < -0.4 is 0 Å². The summed E-state index contributed by atoms with van der Waals surface area (Å²) in [7, 11) is 0. The van der Waals surface area contributed by atoms with Crippen molar-refractivity contribution in [2.75, 3.05) is 39.3 Å². The molecule has 0 amide bonds. The van der Waals surface area contributed by atoms with Crippen molar-refractivity contribution in [1.29, 1.82) is 0 Å². The average Bonchev–Trinajstić information content (AvgIpc) is 2.95. The van der Waals surface area contributed by atoms with Gasteiger partial charge in [0.15, 0.2) is 0 Å². The van der Waals surface area contributed by atoms with Gasteiger partial charge in [-0.2, -0.15) is 0 Å². The summed E-state index contributed by atoms with van der Waals surface area (Å²) in [5.74, 6) is 0. The summed E-state index contributed by atoms with van der Waals surface area (Å²) in [5, 5.41) is 10.5. The fourth-order valence-electron chi connectivity index (χ4n) is 3.44. The van der Waals surface area contributed by atoms with Gasteiger partial charge in [0.05, 0.1) is 6.10 Å². The summed E-state index contributed by atoms with van der Waals surface area (Å²) in [6.45, 7) is 8.55. The zero-order valence-electron chi connectivity index (χ0n) is 12.5. The zero-order chi connectivity index (χ0) is 13.9. The predicted molar refractivity (Wildman–Crippen MR) is 82.0 cm³/mol. The Morgan fingerprint density at radius 3 is 2.50 bits per heavy atom. The molecule has 3 nitrogen and oxygen atoms in total. The van der Waals surface area contributed by atoms with Crippen molar-refractivity contribution in [3.05, 3.63) is 34.9 Å². The number of rotatable bonds is 4. The van der Waals surface area contributed by atoms with Gasteiger partial charge in [-0.15, -0.1) is 0 Å². The molecule has 0 spiro atoms. The molecule has 110 valence electrons. The second-order valence-electron chi connectivity index (χ2n) is 6.13. The van der Waals surface area contributed by atoms with Gasteiger partial charge in [-0.3, -0.25) is 4.90 Å². The number of piperazine rings is 1. The van der Waals surface area contributed by atoms with Gasteiger partial charge in [0.1, 0.15) is 0 Å². The van der Waals surface area contributed by atoms with Crippen LogP contribution in [-0.2, 0) is 12.8 Å². The normalized spacial score (nSPS) is 21.9. The largest absolute Gasteiger partial charge is 0.387 e. The molecule has 1 heterocycles. The second-order valence-corrected chi connectivity index (χ2v) is 6.13. The molecular formula is C17H26N2O. The SMILES string of the molecule is CCN1CCN(CC(O)c2ccc3c(c2)CCC3)CC1. The fourth-order valence-corrected chi connectivity index (χ4v) is 3.44. The summed E-state index contributed by atoms with van der Waals surface area (Å²) in [4.78, 5) is 4.86. The second kappa shape index (κ2) is 6.25. The molecule has 3 heteroatoms. The monoisotopic (exact) mass is 274 g/mol. The van der Waals surface area contributed by atoms with E-state index in [0.29, 0.717) is 0 Å². The Balaban J connectivity index is 1.58. The molecule has 1 saturated heterocycles. The van der Waals surface area contributed by atoms with Crippen LogP contribution in [0.25, 0.3) is 0 Å². The molecule has 1 aliphatic carbocycles. The van der Waals surface area contributed by atoms with Crippen molar-refractivity contribution in [1.82, 2.24) is 9.80 Å².